The topological polar surface area (TPSA) is 96.0 Å². The average molecular weight is 516 g/mol. The predicted molar refractivity (Wildman–Crippen MR) is 134 cm³/mol. The summed E-state index contributed by atoms with van der Waals surface area (Å²) in [7, 11) is 3.28. The fourth-order valence-corrected chi connectivity index (χ4v) is 5.72. The summed E-state index contributed by atoms with van der Waals surface area (Å²) in [5, 5.41) is 4.72. The Kier molecular flexibility index (Phi) is 6.19. The van der Waals surface area contributed by atoms with E-state index >= 15 is 0 Å². The van der Waals surface area contributed by atoms with Crippen molar-refractivity contribution in [3.63, 3.8) is 0 Å². The monoisotopic (exact) mass is 515 g/mol. The lowest BCUT2D eigenvalue weighted by molar-refractivity contribution is 0.152. The maximum Gasteiger partial charge on any atom is 0.196 e. The van der Waals surface area contributed by atoms with Gasteiger partial charge < -0.3 is 28.3 Å². The smallest absolute Gasteiger partial charge is 0.196 e. The first kappa shape index (κ1) is 22.5. The predicted octanol–water partition coefficient (Wildman–Crippen LogP) is 4.15. The number of furan rings is 1. The maximum absolute atomic E-state index is 6.21. The lowest BCUT2D eigenvalue weighted by atomic mass is 10.2. The molecule has 1 aromatic carbocycles. The molecule has 1 atom stereocenters. The number of ether oxygens (including phenoxy) is 4. The highest BCUT2D eigenvalue weighted by molar-refractivity contribution is 7.99. The van der Waals surface area contributed by atoms with Gasteiger partial charge in [-0.2, -0.15) is 0 Å². The van der Waals surface area contributed by atoms with Crippen LogP contribution in [0.3, 0.4) is 0 Å². The van der Waals surface area contributed by atoms with E-state index in [0.717, 1.165) is 59.8 Å². The van der Waals surface area contributed by atoms with Gasteiger partial charge in [-0.1, -0.05) is 0 Å². The number of aromatic nitrogens is 3. The van der Waals surface area contributed by atoms with E-state index in [2.05, 4.69) is 15.3 Å². The number of hydrogen-bond acceptors (Lipinski definition) is 11. The van der Waals surface area contributed by atoms with Gasteiger partial charge in [0.25, 0.3) is 0 Å². The van der Waals surface area contributed by atoms with Crippen molar-refractivity contribution in [2.75, 3.05) is 50.8 Å². The summed E-state index contributed by atoms with van der Waals surface area (Å²) in [6.07, 6.45) is 2.90. The lowest BCUT2D eigenvalue weighted by Gasteiger charge is -2.17. The summed E-state index contributed by atoms with van der Waals surface area (Å²) < 4.78 is 30.5. The molecule has 0 bridgehead atoms. The maximum atomic E-state index is 6.21. The molecule has 1 N–H and O–H groups in total. The molecule has 2 aliphatic heterocycles. The number of anilines is 1. The van der Waals surface area contributed by atoms with Crippen molar-refractivity contribution in [2.24, 2.45) is 0 Å². The number of fused-ring (bicyclic) bond motifs is 2. The molecular formula is C23H25N5O5S2. The average Bonchev–Trinajstić information content (AvgIpc) is 3.62. The molecule has 1 unspecified atom stereocenters. The summed E-state index contributed by atoms with van der Waals surface area (Å²) in [6, 6.07) is 5.67. The highest BCUT2D eigenvalue weighted by atomic mass is 32.2. The van der Waals surface area contributed by atoms with Crippen LogP contribution in [0.2, 0.25) is 0 Å². The minimum Gasteiger partial charge on any atom is -0.496 e. The molecule has 1 fully saturated rings. The first-order valence-electron chi connectivity index (χ1n) is 11.3. The fraction of sp³-hybridized carbons (Fsp3) is 0.391. The van der Waals surface area contributed by atoms with Gasteiger partial charge in [0.15, 0.2) is 21.6 Å². The zero-order valence-electron chi connectivity index (χ0n) is 19.4. The van der Waals surface area contributed by atoms with Crippen LogP contribution in [0.15, 0.2) is 39.3 Å². The molecule has 10 nitrogen and oxygen atoms in total. The van der Waals surface area contributed by atoms with Gasteiger partial charge in [-0.15, -0.1) is 11.3 Å². The second-order valence-corrected chi connectivity index (χ2v) is 9.97. The molecule has 4 aromatic rings. The number of thioether (sulfide) groups is 1. The van der Waals surface area contributed by atoms with Gasteiger partial charge >= 0.3 is 0 Å². The molecule has 6 rings (SSSR count). The number of benzene rings is 1. The number of nitrogens with zero attached hydrogens (tertiary/aromatic N) is 4. The molecule has 2 aliphatic rings. The van der Waals surface area contributed by atoms with Crippen molar-refractivity contribution in [2.45, 2.75) is 23.7 Å². The van der Waals surface area contributed by atoms with Crippen molar-refractivity contribution in [1.82, 2.24) is 14.6 Å². The number of thiazole rings is 1. The highest BCUT2D eigenvalue weighted by Gasteiger charge is 2.25. The molecule has 35 heavy (non-hydrogen) atoms. The molecule has 0 spiro atoms. The summed E-state index contributed by atoms with van der Waals surface area (Å²) >= 11 is 3.14. The summed E-state index contributed by atoms with van der Waals surface area (Å²) in [5.41, 5.74) is 5.33. The molecule has 0 aliphatic carbocycles. The fourth-order valence-electron chi connectivity index (χ4n) is 4.04. The Hall–Kier alpha value is -2.93. The van der Waals surface area contributed by atoms with Crippen LogP contribution in [0.25, 0.3) is 22.4 Å². The number of nitrogens with one attached hydrogen (secondary N) is 1. The molecular weight excluding hydrogens is 490 g/mol. The van der Waals surface area contributed by atoms with Crippen LogP contribution in [-0.4, -0.2) is 60.7 Å². The van der Waals surface area contributed by atoms with Gasteiger partial charge in [0.1, 0.15) is 29.4 Å². The van der Waals surface area contributed by atoms with Gasteiger partial charge in [-0.3, -0.25) is 5.43 Å². The Bertz CT molecular complexity index is 1300. The number of rotatable bonds is 7. The highest BCUT2D eigenvalue weighted by Crippen LogP contribution is 2.38. The van der Waals surface area contributed by atoms with Crippen LogP contribution in [0.4, 0.5) is 5.13 Å². The van der Waals surface area contributed by atoms with Crippen LogP contribution in [-0.2, 0) is 16.1 Å². The van der Waals surface area contributed by atoms with Gasteiger partial charge in [0, 0.05) is 44.3 Å². The van der Waals surface area contributed by atoms with E-state index in [-0.39, 0.29) is 5.56 Å². The minimum absolute atomic E-state index is 0.148. The van der Waals surface area contributed by atoms with Gasteiger partial charge in [-0.05, 0) is 24.2 Å². The lowest BCUT2D eigenvalue weighted by Crippen LogP contribution is -2.25. The molecule has 1 saturated heterocycles. The first-order valence-corrected chi connectivity index (χ1v) is 13.0. The first-order chi connectivity index (χ1) is 17.2. The third-order valence-corrected chi connectivity index (χ3v) is 7.77. The number of methoxy groups -OCH3 is 2. The molecule has 3 aromatic heterocycles. The third kappa shape index (κ3) is 4.54. The standard InChI is InChI=1S/C23H25N5O5S2/c1-29-15-8-18(32-12-14-13-34-21(24-14)27-4-3-6-31-7-5-27)16-10-20(33-19(16)9-15)17-11-28-22(25-17)35-23(26-28)30-2/h8-11,13,23,26H,3-7,12H2,1-2H3. The van der Waals surface area contributed by atoms with Crippen molar-refractivity contribution >= 4 is 39.2 Å². The van der Waals surface area contributed by atoms with E-state index in [4.69, 9.17) is 28.3 Å². The van der Waals surface area contributed by atoms with E-state index in [1.54, 1.807) is 25.6 Å². The third-order valence-electron chi connectivity index (χ3n) is 5.81. The summed E-state index contributed by atoms with van der Waals surface area (Å²) in [4.78, 5) is 11.7. The minimum atomic E-state index is -0.148. The van der Waals surface area contributed by atoms with E-state index in [9.17, 15) is 0 Å². The van der Waals surface area contributed by atoms with Gasteiger partial charge in [0.2, 0.25) is 0 Å². The van der Waals surface area contributed by atoms with Crippen LogP contribution in [0.5, 0.6) is 11.5 Å². The molecule has 0 radical (unpaired) electrons. The Morgan fingerprint density at radius 2 is 2.11 bits per heavy atom. The second kappa shape index (κ2) is 9.61. The van der Waals surface area contributed by atoms with Crippen molar-refractivity contribution in [3.05, 3.63) is 35.5 Å². The molecule has 0 amide bonds. The molecule has 5 heterocycles. The Morgan fingerprint density at radius 3 is 2.97 bits per heavy atom. The largest absolute Gasteiger partial charge is 0.496 e. The van der Waals surface area contributed by atoms with Crippen LogP contribution >= 0.6 is 23.1 Å². The van der Waals surface area contributed by atoms with Crippen molar-refractivity contribution in [1.29, 1.82) is 0 Å². The Morgan fingerprint density at radius 1 is 1.17 bits per heavy atom. The zero-order chi connectivity index (χ0) is 23.8. The normalized spacial score (nSPS) is 17.9. The molecule has 12 heteroatoms. The summed E-state index contributed by atoms with van der Waals surface area (Å²) in [6.45, 7) is 3.71. The zero-order valence-corrected chi connectivity index (χ0v) is 21.0. The van der Waals surface area contributed by atoms with Crippen LogP contribution in [0.1, 0.15) is 12.1 Å². The van der Waals surface area contributed by atoms with E-state index < -0.39 is 0 Å². The van der Waals surface area contributed by atoms with E-state index in [0.29, 0.717) is 29.4 Å². The Balaban J connectivity index is 1.23. The van der Waals surface area contributed by atoms with Gasteiger partial charge in [-0.25, -0.2) is 14.6 Å². The second-order valence-electron chi connectivity index (χ2n) is 8.10. The quantitative estimate of drug-likeness (QED) is 0.387. The van der Waals surface area contributed by atoms with Gasteiger partial charge in [0.05, 0.1) is 31.0 Å². The SMILES string of the molecule is COc1cc(OCc2csc(N3CCCOCC3)n2)c2cc(-c3cn4c(n3)SC(OC)N4)oc2c1. The molecule has 0 saturated carbocycles. The number of hydrogen-bond donors (Lipinski definition) is 1. The summed E-state index contributed by atoms with van der Waals surface area (Å²) in [5.74, 6) is 1.98. The van der Waals surface area contributed by atoms with Crippen LogP contribution < -0.4 is 19.8 Å². The number of imidazole rings is 1. The Labute approximate surface area is 210 Å². The van der Waals surface area contributed by atoms with Crippen molar-refractivity contribution in [3.8, 4) is 23.0 Å². The van der Waals surface area contributed by atoms with Crippen LogP contribution in [0, 0.1) is 0 Å². The van der Waals surface area contributed by atoms with E-state index in [1.807, 2.05) is 34.5 Å². The van der Waals surface area contributed by atoms with E-state index in [1.165, 1.54) is 11.8 Å². The van der Waals surface area contributed by atoms with Crippen molar-refractivity contribution < 1.29 is 23.4 Å². The molecule has 184 valence electrons.